The second kappa shape index (κ2) is 6.32. The number of aliphatic hydroxyl groups excluding tert-OH is 1. The number of carbonyl (C=O) groups excluding carboxylic acids is 2. The van der Waals surface area contributed by atoms with Crippen LogP contribution in [0.3, 0.4) is 0 Å². The minimum Gasteiger partial charge on any atom is -0.463 e. The van der Waals surface area contributed by atoms with Crippen molar-refractivity contribution in [1.29, 1.82) is 0 Å². The van der Waals surface area contributed by atoms with Crippen LogP contribution in [-0.2, 0) is 14.3 Å². The Hall–Kier alpha value is -1.30. The zero-order chi connectivity index (χ0) is 12.8. The Morgan fingerprint density at radius 3 is 2.38 bits per heavy atom. The van der Waals surface area contributed by atoms with E-state index in [1.54, 1.807) is 20.8 Å². The third-order valence-corrected chi connectivity index (χ3v) is 1.36. The molecule has 94 valence electrons. The van der Waals surface area contributed by atoms with Crippen molar-refractivity contribution in [2.24, 2.45) is 0 Å². The Morgan fingerprint density at radius 2 is 1.94 bits per heavy atom. The van der Waals surface area contributed by atoms with Gasteiger partial charge in [0.05, 0.1) is 6.54 Å². The van der Waals surface area contributed by atoms with Gasteiger partial charge in [0.25, 0.3) is 0 Å². The second-order valence-electron chi connectivity index (χ2n) is 4.34. The number of esters is 1. The fraction of sp³-hybridized carbons (Fsp3) is 0.800. The van der Waals surface area contributed by atoms with E-state index in [0.717, 1.165) is 0 Å². The summed E-state index contributed by atoms with van der Waals surface area (Å²) in [6.45, 7) is 6.28. The van der Waals surface area contributed by atoms with Crippen molar-refractivity contribution in [2.45, 2.75) is 39.4 Å². The molecule has 0 rings (SSSR count). The Bertz CT molecular complexity index is 246. The summed E-state index contributed by atoms with van der Waals surface area (Å²) in [5.74, 6) is -0.476. The Labute approximate surface area is 94.9 Å². The number of nitrogens with one attached hydrogen (secondary N) is 1. The first-order valence-corrected chi connectivity index (χ1v) is 4.99. The van der Waals surface area contributed by atoms with Gasteiger partial charge in [0.15, 0.2) is 0 Å². The Kier molecular flexibility index (Phi) is 5.81. The molecule has 0 aliphatic rings. The van der Waals surface area contributed by atoms with Crippen LogP contribution in [-0.4, -0.2) is 42.0 Å². The lowest BCUT2D eigenvalue weighted by Crippen LogP contribution is -2.38. The predicted octanol–water partition coefficient (Wildman–Crippen LogP) is 0.435. The third-order valence-electron chi connectivity index (χ3n) is 1.36. The molecule has 0 heterocycles. The molecule has 6 heteroatoms. The average Bonchev–Trinajstić information content (AvgIpc) is 2.08. The van der Waals surface area contributed by atoms with Crippen LogP contribution in [0.1, 0.15) is 27.7 Å². The molecule has 0 aromatic rings. The topological polar surface area (TPSA) is 84.9 Å². The van der Waals surface area contributed by atoms with Gasteiger partial charge in [0, 0.05) is 6.92 Å². The fourth-order valence-corrected chi connectivity index (χ4v) is 0.788. The van der Waals surface area contributed by atoms with Crippen molar-refractivity contribution < 1.29 is 24.2 Å². The summed E-state index contributed by atoms with van der Waals surface area (Å²) in [5.41, 5.74) is -0.578. The third kappa shape index (κ3) is 9.26. The molecule has 0 radical (unpaired) electrons. The molecule has 6 nitrogen and oxygen atoms in total. The molecule has 0 aromatic heterocycles. The lowest BCUT2D eigenvalue weighted by molar-refractivity contribution is -0.143. The second-order valence-corrected chi connectivity index (χ2v) is 4.34. The first kappa shape index (κ1) is 14.7. The van der Waals surface area contributed by atoms with Crippen molar-refractivity contribution in [2.75, 3.05) is 13.2 Å². The summed E-state index contributed by atoms with van der Waals surface area (Å²) in [4.78, 5) is 21.6. The van der Waals surface area contributed by atoms with Crippen molar-refractivity contribution in [1.82, 2.24) is 5.32 Å². The first-order valence-electron chi connectivity index (χ1n) is 4.99. The zero-order valence-electron chi connectivity index (χ0n) is 10.1. The molecule has 1 amide bonds. The van der Waals surface area contributed by atoms with Crippen LogP contribution in [0.5, 0.6) is 0 Å². The smallest absolute Gasteiger partial charge is 0.407 e. The molecule has 0 spiro atoms. The average molecular weight is 233 g/mol. The number of aliphatic hydroxyl groups is 1. The fourth-order valence-electron chi connectivity index (χ4n) is 0.788. The van der Waals surface area contributed by atoms with E-state index in [1.165, 1.54) is 6.92 Å². The summed E-state index contributed by atoms with van der Waals surface area (Å²) in [5, 5.41) is 11.7. The number of hydrogen-bond donors (Lipinski definition) is 2. The Morgan fingerprint density at radius 1 is 1.38 bits per heavy atom. The van der Waals surface area contributed by atoms with Gasteiger partial charge in [-0.2, -0.15) is 0 Å². The molecule has 2 N–H and O–H groups in total. The van der Waals surface area contributed by atoms with Crippen LogP contribution in [0.4, 0.5) is 4.79 Å². The standard InChI is InChI=1S/C10H19NO5/c1-7(12)15-6-8(13)5-11-9(14)16-10(2,3)4/h8,13H,5-6H2,1-4H3,(H,11,14). The van der Waals surface area contributed by atoms with Crippen molar-refractivity contribution in [3.63, 3.8) is 0 Å². The highest BCUT2D eigenvalue weighted by Gasteiger charge is 2.16. The van der Waals surface area contributed by atoms with E-state index >= 15 is 0 Å². The van der Waals surface area contributed by atoms with E-state index in [9.17, 15) is 14.7 Å². The molecular formula is C10H19NO5. The van der Waals surface area contributed by atoms with Crippen LogP contribution in [0.2, 0.25) is 0 Å². The molecule has 0 saturated heterocycles. The number of amides is 1. The molecule has 16 heavy (non-hydrogen) atoms. The number of ether oxygens (including phenoxy) is 2. The minimum absolute atomic E-state index is 0.0256. The van der Waals surface area contributed by atoms with Crippen molar-refractivity contribution in [3.05, 3.63) is 0 Å². The summed E-state index contributed by atoms with van der Waals surface area (Å²) in [6.07, 6.45) is -1.55. The van der Waals surface area contributed by atoms with Crippen LogP contribution in [0.25, 0.3) is 0 Å². The van der Waals surface area contributed by atoms with E-state index in [-0.39, 0.29) is 13.2 Å². The van der Waals surface area contributed by atoms with Crippen molar-refractivity contribution in [3.8, 4) is 0 Å². The molecule has 0 aliphatic heterocycles. The van der Waals surface area contributed by atoms with E-state index in [4.69, 9.17) is 4.74 Å². The molecule has 0 saturated carbocycles. The van der Waals surface area contributed by atoms with Gasteiger partial charge in [-0.25, -0.2) is 4.79 Å². The van der Waals surface area contributed by atoms with Gasteiger partial charge < -0.3 is 19.9 Å². The zero-order valence-corrected chi connectivity index (χ0v) is 10.1. The quantitative estimate of drug-likeness (QED) is 0.688. The van der Waals surface area contributed by atoms with Crippen LogP contribution >= 0.6 is 0 Å². The molecule has 0 fully saturated rings. The molecule has 0 bridgehead atoms. The van der Waals surface area contributed by atoms with Gasteiger partial charge in [-0.1, -0.05) is 0 Å². The number of hydrogen-bond acceptors (Lipinski definition) is 5. The maximum Gasteiger partial charge on any atom is 0.407 e. The molecule has 0 aliphatic carbocycles. The first-order chi connectivity index (χ1) is 7.20. The minimum atomic E-state index is -0.934. The van der Waals surface area contributed by atoms with Crippen LogP contribution in [0, 0.1) is 0 Å². The van der Waals surface area contributed by atoms with Crippen LogP contribution in [0.15, 0.2) is 0 Å². The molecular weight excluding hydrogens is 214 g/mol. The van der Waals surface area contributed by atoms with Gasteiger partial charge in [-0.15, -0.1) is 0 Å². The normalized spacial score (nSPS) is 12.8. The van der Waals surface area contributed by atoms with Gasteiger partial charge in [0.2, 0.25) is 0 Å². The monoisotopic (exact) mass is 233 g/mol. The van der Waals surface area contributed by atoms with Gasteiger partial charge in [-0.3, -0.25) is 4.79 Å². The summed E-state index contributed by atoms with van der Waals surface area (Å²) in [7, 11) is 0. The highest BCUT2D eigenvalue weighted by molar-refractivity contribution is 5.67. The number of alkyl carbamates (subject to hydrolysis) is 1. The van der Waals surface area contributed by atoms with E-state index in [0.29, 0.717) is 0 Å². The maximum atomic E-state index is 11.1. The Balaban J connectivity index is 3.71. The van der Waals surface area contributed by atoms with Crippen LogP contribution < -0.4 is 5.32 Å². The summed E-state index contributed by atoms with van der Waals surface area (Å²) >= 11 is 0. The highest BCUT2D eigenvalue weighted by Crippen LogP contribution is 2.06. The summed E-state index contributed by atoms with van der Waals surface area (Å²) in [6, 6.07) is 0. The molecule has 0 aromatic carbocycles. The largest absolute Gasteiger partial charge is 0.463 e. The van der Waals surface area contributed by atoms with Gasteiger partial charge in [-0.05, 0) is 20.8 Å². The van der Waals surface area contributed by atoms with E-state index in [1.807, 2.05) is 0 Å². The molecule has 1 atom stereocenters. The predicted molar refractivity (Wildman–Crippen MR) is 56.9 cm³/mol. The van der Waals surface area contributed by atoms with E-state index < -0.39 is 23.8 Å². The SMILES string of the molecule is CC(=O)OCC(O)CNC(=O)OC(C)(C)C. The van der Waals surface area contributed by atoms with Crippen molar-refractivity contribution >= 4 is 12.1 Å². The number of rotatable bonds is 4. The number of carbonyl (C=O) groups is 2. The molecule has 1 unspecified atom stereocenters. The van der Waals surface area contributed by atoms with Gasteiger partial charge >= 0.3 is 12.1 Å². The van der Waals surface area contributed by atoms with Gasteiger partial charge in [0.1, 0.15) is 18.3 Å². The summed E-state index contributed by atoms with van der Waals surface area (Å²) < 4.78 is 9.50. The lowest BCUT2D eigenvalue weighted by atomic mass is 10.2. The highest BCUT2D eigenvalue weighted by atomic mass is 16.6. The van der Waals surface area contributed by atoms with E-state index in [2.05, 4.69) is 10.1 Å². The lowest BCUT2D eigenvalue weighted by Gasteiger charge is -2.20. The maximum absolute atomic E-state index is 11.1.